The summed E-state index contributed by atoms with van der Waals surface area (Å²) >= 11 is 0. The Morgan fingerprint density at radius 1 is 1.10 bits per heavy atom. The van der Waals surface area contributed by atoms with E-state index in [1.54, 1.807) is 0 Å². The van der Waals surface area contributed by atoms with E-state index >= 15 is 0 Å². The molecular weight excluding hydrogens is 256 g/mol. The van der Waals surface area contributed by atoms with Crippen molar-refractivity contribution >= 4 is 17.8 Å². The Bertz CT molecular complexity index is 429. The van der Waals surface area contributed by atoms with Crippen molar-refractivity contribution in [2.24, 2.45) is 5.84 Å². The minimum atomic E-state index is 0.411. The van der Waals surface area contributed by atoms with Crippen LogP contribution in [0.1, 0.15) is 12.8 Å². The second kappa shape index (κ2) is 6.67. The number of aromatic nitrogens is 3. The molecule has 8 nitrogen and oxygen atoms in total. The Balaban J connectivity index is 2.16. The van der Waals surface area contributed by atoms with E-state index in [4.69, 9.17) is 5.84 Å². The molecule has 1 aliphatic rings. The van der Waals surface area contributed by atoms with E-state index in [-0.39, 0.29) is 0 Å². The van der Waals surface area contributed by atoms with Gasteiger partial charge >= 0.3 is 0 Å². The number of nitrogens with zero attached hydrogens (tertiary/aromatic N) is 6. The van der Waals surface area contributed by atoms with Crippen LogP contribution in [0.5, 0.6) is 0 Å². The van der Waals surface area contributed by atoms with Gasteiger partial charge in [0.15, 0.2) is 0 Å². The van der Waals surface area contributed by atoms with Crippen LogP contribution in [-0.4, -0.2) is 67.2 Å². The Morgan fingerprint density at radius 3 is 2.40 bits per heavy atom. The van der Waals surface area contributed by atoms with Crippen molar-refractivity contribution in [1.29, 1.82) is 0 Å². The molecule has 112 valence electrons. The van der Waals surface area contributed by atoms with Crippen molar-refractivity contribution in [2.75, 3.05) is 62.5 Å². The lowest BCUT2D eigenvalue weighted by Gasteiger charge is -2.22. The number of anilines is 3. The van der Waals surface area contributed by atoms with Crippen LogP contribution in [0.4, 0.5) is 17.8 Å². The number of nitrogens with two attached hydrogens (primary N) is 1. The lowest BCUT2D eigenvalue weighted by molar-refractivity contribution is 0.415. The minimum Gasteiger partial charge on any atom is -0.342 e. The molecule has 1 aromatic heterocycles. The van der Waals surface area contributed by atoms with Crippen molar-refractivity contribution in [3.63, 3.8) is 0 Å². The summed E-state index contributed by atoms with van der Waals surface area (Å²) in [6.07, 6.45) is 2.37. The molecule has 3 N–H and O–H groups in total. The molecule has 0 bridgehead atoms. The van der Waals surface area contributed by atoms with Gasteiger partial charge in [-0.1, -0.05) is 0 Å². The van der Waals surface area contributed by atoms with Crippen LogP contribution < -0.4 is 21.1 Å². The van der Waals surface area contributed by atoms with Crippen molar-refractivity contribution in [3.05, 3.63) is 0 Å². The fourth-order valence-corrected chi connectivity index (χ4v) is 2.10. The smallest absolute Gasteiger partial charge is 0.243 e. The molecule has 0 aromatic carbocycles. The van der Waals surface area contributed by atoms with Gasteiger partial charge in [0.05, 0.1) is 0 Å². The van der Waals surface area contributed by atoms with Gasteiger partial charge in [0.25, 0.3) is 0 Å². The summed E-state index contributed by atoms with van der Waals surface area (Å²) in [6.45, 7) is 3.77. The molecule has 1 fully saturated rings. The lowest BCUT2D eigenvalue weighted by Crippen LogP contribution is -2.31. The van der Waals surface area contributed by atoms with Crippen molar-refractivity contribution < 1.29 is 0 Å². The molecule has 0 saturated carbocycles. The topological polar surface area (TPSA) is 86.4 Å². The summed E-state index contributed by atoms with van der Waals surface area (Å²) in [5.74, 6) is 7.23. The number of rotatable bonds is 6. The zero-order chi connectivity index (χ0) is 14.5. The van der Waals surface area contributed by atoms with Gasteiger partial charge in [-0.15, -0.1) is 0 Å². The Labute approximate surface area is 120 Å². The van der Waals surface area contributed by atoms with Gasteiger partial charge < -0.3 is 14.7 Å². The second-order valence-corrected chi connectivity index (χ2v) is 5.32. The first-order valence-corrected chi connectivity index (χ1v) is 6.93. The standard InChI is InChI=1S/C12H24N8/c1-18(2)8-9-19(3)11-14-10(17-13)15-12(16-11)20-6-4-5-7-20/h4-9,13H2,1-3H3,(H,14,15,16,17). The first kappa shape index (κ1) is 14.7. The maximum atomic E-state index is 5.46. The van der Waals surface area contributed by atoms with Crippen LogP contribution >= 0.6 is 0 Å². The molecule has 2 rings (SSSR count). The highest BCUT2D eigenvalue weighted by atomic mass is 15.4. The molecule has 0 atom stereocenters. The Kier molecular flexibility index (Phi) is 4.91. The Hall–Kier alpha value is -1.67. The van der Waals surface area contributed by atoms with E-state index in [0.717, 1.165) is 26.2 Å². The van der Waals surface area contributed by atoms with Gasteiger partial charge in [-0.25, -0.2) is 5.84 Å². The van der Waals surface area contributed by atoms with E-state index < -0.39 is 0 Å². The van der Waals surface area contributed by atoms with Gasteiger partial charge in [-0.3, -0.25) is 5.43 Å². The molecular formula is C12H24N8. The SMILES string of the molecule is CN(C)CCN(C)c1nc(NN)nc(N2CCCC2)n1. The van der Waals surface area contributed by atoms with E-state index in [1.807, 2.05) is 26.0 Å². The number of likely N-dealkylation sites (N-methyl/N-ethyl adjacent to an activating group) is 2. The molecule has 1 aliphatic heterocycles. The van der Waals surface area contributed by atoms with Crippen molar-refractivity contribution in [3.8, 4) is 0 Å². The fourth-order valence-electron chi connectivity index (χ4n) is 2.10. The zero-order valence-corrected chi connectivity index (χ0v) is 12.5. The fraction of sp³-hybridized carbons (Fsp3) is 0.750. The molecule has 2 heterocycles. The predicted molar refractivity (Wildman–Crippen MR) is 80.9 cm³/mol. The molecule has 8 heteroatoms. The third-order valence-electron chi connectivity index (χ3n) is 3.35. The summed E-state index contributed by atoms with van der Waals surface area (Å²) in [5, 5.41) is 0. The van der Waals surface area contributed by atoms with Gasteiger partial charge in [0.2, 0.25) is 17.8 Å². The number of hydrogen-bond donors (Lipinski definition) is 2. The van der Waals surface area contributed by atoms with Crippen LogP contribution in [0.3, 0.4) is 0 Å². The maximum Gasteiger partial charge on any atom is 0.243 e. The molecule has 0 aliphatic carbocycles. The zero-order valence-electron chi connectivity index (χ0n) is 12.5. The molecule has 20 heavy (non-hydrogen) atoms. The minimum absolute atomic E-state index is 0.411. The van der Waals surface area contributed by atoms with Crippen LogP contribution in [0.2, 0.25) is 0 Å². The van der Waals surface area contributed by atoms with Gasteiger partial charge in [0.1, 0.15) is 0 Å². The Morgan fingerprint density at radius 2 is 1.80 bits per heavy atom. The van der Waals surface area contributed by atoms with Crippen LogP contribution in [0, 0.1) is 0 Å². The van der Waals surface area contributed by atoms with Crippen molar-refractivity contribution in [1.82, 2.24) is 19.9 Å². The van der Waals surface area contributed by atoms with Gasteiger partial charge in [-0.2, -0.15) is 15.0 Å². The summed E-state index contributed by atoms with van der Waals surface area (Å²) < 4.78 is 0. The lowest BCUT2D eigenvalue weighted by atomic mass is 10.4. The van der Waals surface area contributed by atoms with Crippen molar-refractivity contribution in [2.45, 2.75) is 12.8 Å². The maximum absolute atomic E-state index is 5.46. The molecule has 0 radical (unpaired) electrons. The molecule has 0 spiro atoms. The first-order valence-electron chi connectivity index (χ1n) is 6.93. The molecule has 0 amide bonds. The predicted octanol–water partition coefficient (Wildman–Crippen LogP) is -0.245. The van der Waals surface area contributed by atoms with E-state index in [0.29, 0.717) is 17.8 Å². The highest BCUT2D eigenvalue weighted by Gasteiger charge is 2.18. The number of hydrazine groups is 1. The molecule has 1 aromatic rings. The highest BCUT2D eigenvalue weighted by Crippen LogP contribution is 2.19. The van der Waals surface area contributed by atoms with Crippen LogP contribution in [0.25, 0.3) is 0 Å². The number of nitrogen functional groups attached to an aromatic ring is 1. The van der Waals surface area contributed by atoms with Crippen LogP contribution in [0.15, 0.2) is 0 Å². The normalized spacial score (nSPS) is 14.9. The van der Waals surface area contributed by atoms with Gasteiger partial charge in [0, 0.05) is 33.2 Å². The summed E-state index contributed by atoms with van der Waals surface area (Å²) in [5.41, 5.74) is 2.52. The largest absolute Gasteiger partial charge is 0.342 e. The summed E-state index contributed by atoms with van der Waals surface area (Å²) in [6, 6.07) is 0. The highest BCUT2D eigenvalue weighted by molar-refractivity contribution is 5.44. The molecule has 1 saturated heterocycles. The summed E-state index contributed by atoms with van der Waals surface area (Å²) in [7, 11) is 6.07. The number of hydrogen-bond acceptors (Lipinski definition) is 8. The first-order chi connectivity index (χ1) is 9.60. The quantitative estimate of drug-likeness (QED) is 0.545. The average molecular weight is 280 g/mol. The third kappa shape index (κ3) is 3.67. The van der Waals surface area contributed by atoms with E-state index in [2.05, 4.69) is 30.2 Å². The van der Waals surface area contributed by atoms with Gasteiger partial charge in [-0.05, 0) is 26.9 Å². The van der Waals surface area contributed by atoms with Crippen LogP contribution in [-0.2, 0) is 0 Å². The third-order valence-corrected chi connectivity index (χ3v) is 3.35. The monoisotopic (exact) mass is 280 g/mol. The number of nitrogens with one attached hydrogen (secondary N) is 1. The molecule has 0 unspecified atom stereocenters. The van der Waals surface area contributed by atoms with E-state index in [9.17, 15) is 0 Å². The second-order valence-electron chi connectivity index (χ2n) is 5.32. The average Bonchev–Trinajstić information content (AvgIpc) is 2.98. The van der Waals surface area contributed by atoms with E-state index in [1.165, 1.54) is 12.8 Å². The summed E-state index contributed by atoms with van der Waals surface area (Å²) in [4.78, 5) is 19.5.